The summed E-state index contributed by atoms with van der Waals surface area (Å²) in [5, 5.41) is 6.47. The monoisotopic (exact) mass is 346 g/mol. The summed E-state index contributed by atoms with van der Waals surface area (Å²) in [4.78, 5) is 0. The Kier molecular flexibility index (Phi) is 4.71. The molecule has 18 heavy (non-hydrogen) atoms. The van der Waals surface area contributed by atoms with Crippen molar-refractivity contribution in [2.75, 3.05) is 0 Å². The summed E-state index contributed by atoms with van der Waals surface area (Å²) in [5.41, 5.74) is 3.26. The Morgan fingerprint density at radius 1 is 1.33 bits per heavy atom. The van der Waals surface area contributed by atoms with E-state index in [4.69, 9.17) is 23.2 Å². The van der Waals surface area contributed by atoms with Gasteiger partial charge >= 0.3 is 0 Å². The number of aromatic nitrogens is 2. The second-order valence-corrected chi connectivity index (χ2v) is 5.41. The SMILES string of the molecule is CCCc1c(CBr)cnn1-c1ccc(Cl)cc1Cl. The third kappa shape index (κ3) is 2.73. The molecule has 1 aromatic heterocycles. The molecular weight excluding hydrogens is 335 g/mol. The smallest absolute Gasteiger partial charge is 0.0836 e. The lowest BCUT2D eigenvalue weighted by Crippen LogP contribution is -2.04. The normalized spacial score (nSPS) is 10.9. The van der Waals surface area contributed by atoms with Gasteiger partial charge in [-0.05, 0) is 24.6 Å². The molecule has 2 nitrogen and oxygen atoms in total. The molecule has 96 valence electrons. The number of hydrogen-bond acceptors (Lipinski definition) is 1. The van der Waals surface area contributed by atoms with Crippen LogP contribution >= 0.6 is 39.1 Å². The first-order valence-corrected chi connectivity index (χ1v) is 7.62. The Morgan fingerprint density at radius 3 is 2.72 bits per heavy atom. The second kappa shape index (κ2) is 6.09. The number of benzene rings is 1. The molecule has 0 N–H and O–H groups in total. The quantitative estimate of drug-likeness (QED) is 0.709. The van der Waals surface area contributed by atoms with Crippen LogP contribution in [0.1, 0.15) is 24.6 Å². The van der Waals surface area contributed by atoms with Crippen LogP contribution < -0.4 is 0 Å². The van der Waals surface area contributed by atoms with Crippen LogP contribution in [0.2, 0.25) is 10.0 Å². The van der Waals surface area contributed by atoms with E-state index in [2.05, 4.69) is 28.0 Å². The predicted molar refractivity (Wildman–Crippen MR) is 80.2 cm³/mol. The third-order valence-electron chi connectivity index (χ3n) is 2.72. The van der Waals surface area contributed by atoms with Crippen molar-refractivity contribution in [3.05, 3.63) is 45.7 Å². The summed E-state index contributed by atoms with van der Waals surface area (Å²) in [6.45, 7) is 2.15. The zero-order valence-corrected chi connectivity index (χ0v) is 13.1. The number of rotatable bonds is 4. The van der Waals surface area contributed by atoms with Gasteiger partial charge in [-0.3, -0.25) is 0 Å². The molecule has 1 heterocycles. The van der Waals surface area contributed by atoms with E-state index in [9.17, 15) is 0 Å². The zero-order chi connectivity index (χ0) is 13.1. The van der Waals surface area contributed by atoms with Gasteiger partial charge in [0.15, 0.2) is 0 Å². The second-order valence-electron chi connectivity index (χ2n) is 4.01. The van der Waals surface area contributed by atoms with E-state index < -0.39 is 0 Å². The number of halogens is 3. The van der Waals surface area contributed by atoms with Gasteiger partial charge in [-0.1, -0.05) is 52.5 Å². The maximum absolute atomic E-state index is 6.23. The van der Waals surface area contributed by atoms with Gasteiger partial charge in [0.1, 0.15) is 0 Å². The van der Waals surface area contributed by atoms with Crippen molar-refractivity contribution in [1.82, 2.24) is 9.78 Å². The molecule has 0 atom stereocenters. The van der Waals surface area contributed by atoms with E-state index in [1.165, 1.54) is 11.3 Å². The standard InChI is InChI=1S/C13H13BrCl2N2/c1-2-3-12-9(7-14)8-17-18(12)13-5-4-10(15)6-11(13)16/h4-6,8H,2-3,7H2,1H3. The van der Waals surface area contributed by atoms with E-state index in [0.717, 1.165) is 23.9 Å². The van der Waals surface area contributed by atoms with Crippen molar-refractivity contribution in [1.29, 1.82) is 0 Å². The Morgan fingerprint density at radius 2 is 2.11 bits per heavy atom. The number of hydrogen-bond donors (Lipinski definition) is 0. The maximum Gasteiger partial charge on any atom is 0.0836 e. The van der Waals surface area contributed by atoms with Crippen LogP contribution in [0.3, 0.4) is 0 Å². The van der Waals surface area contributed by atoms with E-state index >= 15 is 0 Å². The first-order chi connectivity index (χ1) is 8.67. The summed E-state index contributed by atoms with van der Waals surface area (Å²) < 4.78 is 1.90. The predicted octanol–water partition coefficient (Wildman–Crippen LogP) is 5.03. The molecule has 0 unspecified atom stereocenters. The van der Waals surface area contributed by atoms with Crippen molar-refractivity contribution >= 4 is 39.1 Å². The lowest BCUT2D eigenvalue weighted by molar-refractivity contribution is 0.771. The first kappa shape index (κ1) is 13.9. The molecule has 2 aromatic rings. The minimum atomic E-state index is 0.615. The van der Waals surface area contributed by atoms with Crippen LogP contribution in [-0.4, -0.2) is 9.78 Å². The van der Waals surface area contributed by atoms with E-state index in [1.807, 2.05) is 23.0 Å². The molecule has 1 aromatic carbocycles. The van der Waals surface area contributed by atoms with Crippen LogP contribution in [0.5, 0.6) is 0 Å². The lowest BCUT2D eigenvalue weighted by Gasteiger charge is -2.10. The van der Waals surface area contributed by atoms with Crippen molar-refractivity contribution in [3.63, 3.8) is 0 Å². The minimum absolute atomic E-state index is 0.615. The fourth-order valence-corrected chi connectivity index (χ4v) is 2.84. The highest BCUT2D eigenvalue weighted by Crippen LogP contribution is 2.27. The lowest BCUT2D eigenvalue weighted by atomic mass is 10.2. The molecule has 0 spiro atoms. The number of alkyl halides is 1. The minimum Gasteiger partial charge on any atom is -0.236 e. The average Bonchev–Trinajstić information content (AvgIpc) is 2.73. The molecule has 0 aliphatic heterocycles. The highest BCUT2D eigenvalue weighted by molar-refractivity contribution is 9.08. The van der Waals surface area contributed by atoms with Gasteiger partial charge in [-0.25, -0.2) is 4.68 Å². The molecule has 0 fully saturated rings. The van der Waals surface area contributed by atoms with Crippen molar-refractivity contribution in [2.45, 2.75) is 25.1 Å². The molecule has 0 amide bonds. The summed E-state index contributed by atoms with van der Waals surface area (Å²) in [6.07, 6.45) is 3.92. The summed E-state index contributed by atoms with van der Waals surface area (Å²) in [6, 6.07) is 5.46. The first-order valence-electron chi connectivity index (χ1n) is 5.74. The largest absolute Gasteiger partial charge is 0.236 e. The fourth-order valence-electron chi connectivity index (χ4n) is 1.88. The molecule has 0 bridgehead atoms. The summed E-state index contributed by atoms with van der Waals surface area (Å²) in [5.74, 6) is 0. The van der Waals surface area contributed by atoms with Gasteiger partial charge in [-0.2, -0.15) is 5.10 Å². The zero-order valence-electron chi connectivity index (χ0n) is 9.96. The number of nitrogens with zero attached hydrogens (tertiary/aromatic N) is 2. The molecule has 0 saturated carbocycles. The molecule has 5 heteroatoms. The topological polar surface area (TPSA) is 17.8 Å². The van der Waals surface area contributed by atoms with Gasteiger partial charge in [0.05, 0.1) is 16.9 Å². The highest BCUT2D eigenvalue weighted by atomic mass is 79.9. The Hall–Kier alpha value is -0.510. The molecule has 0 radical (unpaired) electrons. The molecule has 0 aliphatic carbocycles. The Balaban J connectivity index is 2.52. The molecular formula is C13H13BrCl2N2. The highest BCUT2D eigenvalue weighted by Gasteiger charge is 2.13. The molecule has 2 rings (SSSR count). The van der Waals surface area contributed by atoms with Crippen LogP contribution in [0, 0.1) is 0 Å². The van der Waals surface area contributed by atoms with Gasteiger partial charge in [0.2, 0.25) is 0 Å². The fraction of sp³-hybridized carbons (Fsp3) is 0.308. The summed E-state index contributed by atoms with van der Waals surface area (Å²) in [7, 11) is 0. The van der Waals surface area contributed by atoms with E-state index in [0.29, 0.717) is 10.0 Å². The van der Waals surface area contributed by atoms with Gasteiger partial charge in [-0.15, -0.1) is 0 Å². The molecule has 0 aliphatic rings. The van der Waals surface area contributed by atoms with Crippen LogP contribution in [0.4, 0.5) is 0 Å². The van der Waals surface area contributed by atoms with Crippen LogP contribution in [0.15, 0.2) is 24.4 Å². The van der Waals surface area contributed by atoms with Crippen LogP contribution in [0.25, 0.3) is 5.69 Å². The Bertz CT molecular complexity index is 552. The third-order valence-corrected chi connectivity index (χ3v) is 3.87. The van der Waals surface area contributed by atoms with Crippen molar-refractivity contribution in [2.24, 2.45) is 0 Å². The van der Waals surface area contributed by atoms with Gasteiger partial charge in [0, 0.05) is 21.6 Å². The van der Waals surface area contributed by atoms with Crippen molar-refractivity contribution in [3.8, 4) is 5.69 Å². The molecule has 0 saturated heterocycles. The van der Waals surface area contributed by atoms with E-state index in [-0.39, 0.29) is 0 Å². The van der Waals surface area contributed by atoms with Crippen LogP contribution in [-0.2, 0) is 11.8 Å². The average molecular weight is 348 g/mol. The Labute approximate surface area is 125 Å². The van der Waals surface area contributed by atoms with Crippen molar-refractivity contribution < 1.29 is 0 Å². The maximum atomic E-state index is 6.23. The van der Waals surface area contributed by atoms with Gasteiger partial charge in [0.25, 0.3) is 0 Å². The van der Waals surface area contributed by atoms with Gasteiger partial charge < -0.3 is 0 Å². The van der Waals surface area contributed by atoms with E-state index in [1.54, 1.807) is 6.07 Å². The summed E-state index contributed by atoms with van der Waals surface area (Å²) >= 11 is 15.6.